The molecule has 4 aromatic heterocycles. The maximum Gasteiger partial charge on any atom is 0.299 e. The Balaban J connectivity index is 1.26. The van der Waals surface area contributed by atoms with Gasteiger partial charge in [0.05, 0.1) is 27.5 Å². The SMILES string of the molecule is c1ccc2c(c1)c1ccccc1n2-c1ccc2oc3oc4ccc(-n5c6ccccc6c6ccccc65)cc4c3c2c1. The van der Waals surface area contributed by atoms with E-state index in [0.717, 1.165) is 38.7 Å². The molecular weight excluding hydrogens is 516 g/mol. The minimum absolute atomic E-state index is 0.554. The summed E-state index contributed by atoms with van der Waals surface area (Å²) in [6, 6.07) is 47.3. The van der Waals surface area contributed by atoms with Crippen LogP contribution in [0.3, 0.4) is 0 Å². The van der Waals surface area contributed by atoms with Gasteiger partial charge < -0.3 is 18.0 Å². The summed E-state index contributed by atoms with van der Waals surface area (Å²) in [5, 5.41) is 8.07. The van der Waals surface area contributed by atoms with E-state index in [4.69, 9.17) is 8.83 Å². The molecule has 196 valence electrons. The van der Waals surface area contributed by atoms with Crippen LogP contribution in [-0.4, -0.2) is 9.13 Å². The Kier molecular flexibility index (Phi) is 4.15. The van der Waals surface area contributed by atoms with Crippen LogP contribution < -0.4 is 0 Å². The minimum Gasteiger partial charge on any atom is -0.425 e. The molecule has 0 radical (unpaired) electrons. The summed E-state index contributed by atoms with van der Waals surface area (Å²) >= 11 is 0. The zero-order chi connectivity index (χ0) is 27.4. The maximum atomic E-state index is 6.27. The number of nitrogens with zero attached hydrogens (tertiary/aromatic N) is 2. The molecule has 0 aliphatic rings. The lowest BCUT2D eigenvalue weighted by atomic mass is 10.1. The van der Waals surface area contributed by atoms with Crippen LogP contribution in [0, 0.1) is 0 Å². The Hall–Kier alpha value is -5.74. The number of para-hydroxylation sites is 4. The molecule has 10 aromatic rings. The fourth-order valence-electron chi connectivity index (χ4n) is 6.97. The monoisotopic (exact) mass is 538 g/mol. The van der Waals surface area contributed by atoms with Crippen molar-refractivity contribution >= 4 is 76.7 Å². The van der Waals surface area contributed by atoms with Gasteiger partial charge in [-0.3, -0.25) is 0 Å². The second-order valence-electron chi connectivity index (χ2n) is 11.0. The Bertz CT molecular complexity index is 2410. The first-order valence-corrected chi connectivity index (χ1v) is 14.2. The molecule has 4 heteroatoms. The number of benzene rings is 6. The third kappa shape index (κ3) is 2.80. The van der Waals surface area contributed by atoms with Crippen LogP contribution in [0.5, 0.6) is 0 Å². The number of aromatic nitrogens is 2. The summed E-state index contributed by atoms with van der Waals surface area (Å²) in [5.41, 5.74) is 8.56. The van der Waals surface area contributed by atoms with E-state index in [-0.39, 0.29) is 0 Å². The molecule has 0 saturated carbocycles. The third-order valence-corrected chi connectivity index (χ3v) is 8.75. The maximum absolute atomic E-state index is 6.27. The normalized spacial score (nSPS) is 12.3. The number of rotatable bonds is 2. The number of hydrogen-bond acceptors (Lipinski definition) is 2. The van der Waals surface area contributed by atoms with Crippen LogP contribution >= 0.6 is 0 Å². The van der Waals surface area contributed by atoms with Crippen molar-refractivity contribution in [2.75, 3.05) is 0 Å². The fourth-order valence-corrected chi connectivity index (χ4v) is 6.97. The smallest absolute Gasteiger partial charge is 0.299 e. The molecular formula is C38H22N2O2. The quantitative estimate of drug-likeness (QED) is 0.219. The highest BCUT2D eigenvalue weighted by Crippen LogP contribution is 2.41. The Morgan fingerprint density at radius 1 is 0.357 bits per heavy atom. The fraction of sp³-hybridized carbons (Fsp3) is 0. The van der Waals surface area contributed by atoms with Crippen molar-refractivity contribution in [1.82, 2.24) is 9.13 Å². The van der Waals surface area contributed by atoms with Gasteiger partial charge in [0.2, 0.25) is 0 Å². The highest BCUT2D eigenvalue weighted by molar-refractivity contribution is 6.19. The molecule has 0 aliphatic carbocycles. The highest BCUT2D eigenvalue weighted by atomic mass is 16.5. The van der Waals surface area contributed by atoms with E-state index in [0.29, 0.717) is 5.78 Å². The van der Waals surface area contributed by atoms with Crippen molar-refractivity contribution in [2.45, 2.75) is 0 Å². The average molecular weight is 539 g/mol. The van der Waals surface area contributed by atoms with E-state index in [1.165, 1.54) is 43.6 Å². The number of hydrogen-bond donors (Lipinski definition) is 0. The molecule has 0 spiro atoms. The van der Waals surface area contributed by atoms with Crippen molar-refractivity contribution in [2.24, 2.45) is 0 Å². The minimum atomic E-state index is 0.554. The predicted octanol–water partition coefficient (Wildman–Crippen LogP) is 10.5. The average Bonchev–Trinajstić information content (AvgIpc) is 3.77. The molecule has 0 unspecified atom stereocenters. The Morgan fingerprint density at radius 3 is 1.10 bits per heavy atom. The largest absolute Gasteiger partial charge is 0.425 e. The molecule has 6 aromatic carbocycles. The zero-order valence-electron chi connectivity index (χ0n) is 22.4. The van der Waals surface area contributed by atoms with Crippen molar-refractivity contribution in [3.05, 3.63) is 133 Å². The standard InChI is InChI=1S/C38H22N2O2/c1-5-13-31-25(9-1)26-10-2-6-14-32(26)39(31)23-17-19-35-29(21-23)37-30-22-24(18-20-36(30)42-38(37)41-35)40-33-15-7-3-11-27(33)28-12-4-8-16-34(28)40/h1-22H. The van der Waals surface area contributed by atoms with E-state index in [1.807, 2.05) is 0 Å². The molecule has 0 atom stereocenters. The van der Waals surface area contributed by atoms with Gasteiger partial charge in [0.1, 0.15) is 11.2 Å². The molecule has 42 heavy (non-hydrogen) atoms. The molecule has 0 N–H and O–H groups in total. The van der Waals surface area contributed by atoms with E-state index in [9.17, 15) is 0 Å². The Morgan fingerprint density at radius 2 is 0.714 bits per heavy atom. The van der Waals surface area contributed by atoms with Gasteiger partial charge in [-0.15, -0.1) is 0 Å². The van der Waals surface area contributed by atoms with Gasteiger partial charge in [-0.25, -0.2) is 0 Å². The van der Waals surface area contributed by atoms with Crippen LogP contribution in [0.15, 0.2) is 142 Å². The van der Waals surface area contributed by atoms with E-state index >= 15 is 0 Å². The highest BCUT2D eigenvalue weighted by Gasteiger charge is 2.20. The van der Waals surface area contributed by atoms with Gasteiger partial charge in [-0.2, -0.15) is 0 Å². The van der Waals surface area contributed by atoms with Crippen LogP contribution in [-0.2, 0) is 0 Å². The lowest BCUT2D eigenvalue weighted by Gasteiger charge is -2.08. The van der Waals surface area contributed by atoms with Gasteiger partial charge >= 0.3 is 0 Å². The summed E-state index contributed by atoms with van der Waals surface area (Å²) in [6.07, 6.45) is 0. The van der Waals surface area contributed by atoms with Crippen LogP contribution in [0.2, 0.25) is 0 Å². The Labute approximate surface area is 239 Å². The van der Waals surface area contributed by atoms with Crippen molar-refractivity contribution in [3.8, 4) is 11.4 Å². The first-order valence-electron chi connectivity index (χ1n) is 14.2. The molecule has 0 saturated heterocycles. The van der Waals surface area contributed by atoms with Gasteiger partial charge in [-0.05, 0) is 60.7 Å². The molecule has 0 amide bonds. The van der Waals surface area contributed by atoms with Crippen LogP contribution in [0.1, 0.15) is 0 Å². The summed E-state index contributed by atoms with van der Waals surface area (Å²) in [6.45, 7) is 0. The van der Waals surface area contributed by atoms with Crippen molar-refractivity contribution < 1.29 is 8.83 Å². The lowest BCUT2D eigenvalue weighted by Crippen LogP contribution is -1.93. The molecule has 0 bridgehead atoms. The lowest BCUT2D eigenvalue weighted by molar-refractivity contribution is 0.524. The van der Waals surface area contributed by atoms with Gasteiger partial charge in [-0.1, -0.05) is 72.8 Å². The van der Waals surface area contributed by atoms with Gasteiger partial charge in [0, 0.05) is 43.7 Å². The van der Waals surface area contributed by atoms with Crippen LogP contribution in [0.25, 0.3) is 88.1 Å². The second kappa shape index (κ2) is 7.93. The number of furan rings is 2. The van der Waals surface area contributed by atoms with E-state index in [1.54, 1.807) is 0 Å². The van der Waals surface area contributed by atoms with Crippen LogP contribution in [0.4, 0.5) is 0 Å². The van der Waals surface area contributed by atoms with E-state index < -0.39 is 0 Å². The summed E-state index contributed by atoms with van der Waals surface area (Å²) in [7, 11) is 0. The molecule has 10 rings (SSSR count). The molecule has 0 fully saturated rings. The summed E-state index contributed by atoms with van der Waals surface area (Å²) in [4.78, 5) is 0. The molecule has 4 heterocycles. The van der Waals surface area contributed by atoms with E-state index in [2.05, 4.69) is 143 Å². The first-order chi connectivity index (χ1) is 20.8. The zero-order valence-corrected chi connectivity index (χ0v) is 22.4. The molecule has 4 nitrogen and oxygen atoms in total. The second-order valence-corrected chi connectivity index (χ2v) is 11.0. The van der Waals surface area contributed by atoms with Crippen molar-refractivity contribution in [1.29, 1.82) is 0 Å². The van der Waals surface area contributed by atoms with Gasteiger partial charge in [0.15, 0.2) is 0 Å². The predicted molar refractivity (Wildman–Crippen MR) is 172 cm³/mol. The number of fused-ring (bicyclic) bond motifs is 11. The van der Waals surface area contributed by atoms with Crippen molar-refractivity contribution in [3.63, 3.8) is 0 Å². The first kappa shape index (κ1) is 22.0. The molecule has 0 aliphatic heterocycles. The summed E-state index contributed by atoms with van der Waals surface area (Å²) in [5.74, 6) is 0.554. The third-order valence-electron chi connectivity index (χ3n) is 8.75. The van der Waals surface area contributed by atoms with Gasteiger partial charge in [0.25, 0.3) is 5.78 Å². The topological polar surface area (TPSA) is 36.1 Å². The summed E-state index contributed by atoms with van der Waals surface area (Å²) < 4.78 is 17.2.